The van der Waals surface area contributed by atoms with Gasteiger partial charge in [0, 0.05) is 24.6 Å². The SMILES string of the molecule is O=C(Nc1nnc(C2CC2)s1)c1ccc(S(=O)(=O)NCC2CCCO2)cc1. The lowest BCUT2D eigenvalue weighted by Crippen LogP contribution is -2.31. The standard InChI is InChI=1S/C17H20N4O4S2/c22-15(19-17-21-20-16(26-17)12-3-4-12)11-5-7-14(8-6-11)27(23,24)18-10-13-2-1-9-25-13/h5-8,12-13,18H,1-4,9-10H2,(H,19,21,22). The lowest BCUT2D eigenvalue weighted by atomic mass is 10.2. The van der Waals surface area contributed by atoms with E-state index in [9.17, 15) is 13.2 Å². The topological polar surface area (TPSA) is 110 Å². The van der Waals surface area contributed by atoms with Crippen LogP contribution in [0.4, 0.5) is 5.13 Å². The monoisotopic (exact) mass is 408 g/mol. The second kappa shape index (κ2) is 7.63. The van der Waals surface area contributed by atoms with Crippen molar-refractivity contribution < 1.29 is 17.9 Å². The summed E-state index contributed by atoms with van der Waals surface area (Å²) in [6.07, 6.45) is 3.99. The predicted molar refractivity (Wildman–Crippen MR) is 100 cm³/mol. The Morgan fingerprint density at radius 2 is 1.96 bits per heavy atom. The minimum Gasteiger partial charge on any atom is -0.377 e. The fourth-order valence-electron chi connectivity index (χ4n) is 2.83. The highest BCUT2D eigenvalue weighted by molar-refractivity contribution is 7.89. The molecule has 144 valence electrons. The van der Waals surface area contributed by atoms with Gasteiger partial charge in [-0.2, -0.15) is 0 Å². The highest BCUT2D eigenvalue weighted by Crippen LogP contribution is 2.42. The van der Waals surface area contributed by atoms with Crippen molar-refractivity contribution in [2.75, 3.05) is 18.5 Å². The molecule has 1 aromatic heterocycles. The number of benzene rings is 1. The Kier molecular flexibility index (Phi) is 5.22. The minimum absolute atomic E-state index is 0.0720. The maximum atomic E-state index is 12.3. The molecular formula is C17H20N4O4S2. The average Bonchev–Trinajstić information content (AvgIpc) is 3.18. The maximum absolute atomic E-state index is 12.3. The number of aromatic nitrogens is 2. The van der Waals surface area contributed by atoms with Crippen molar-refractivity contribution in [3.63, 3.8) is 0 Å². The van der Waals surface area contributed by atoms with Gasteiger partial charge in [-0.1, -0.05) is 11.3 Å². The first kappa shape index (κ1) is 18.5. The van der Waals surface area contributed by atoms with Crippen molar-refractivity contribution in [2.24, 2.45) is 0 Å². The maximum Gasteiger partial charge on any atom is 0.257 e. The number of anilines is 1. The zero-order chi connectivity index (χ0) is 18.9. The number of rotatable bonds is 7. The van der Waals surface area contributed by atoms with E-state index >= 15 is 0 Å². The van der Waals surface area contributed by atoms with E-state index in [4.69, 9.17) is 4.74 Å². The number of carbonyl (C=O) groups excluding carboxylic acids is 1. The number of hydrogen-bond acceptors (Lipinski definition) is 7. The molecule has 2 aromatic rings. The molecule has 4 rings (SSSR count). The molecule has 1 aliphatic heterocycles. The molecule has 27 heavy (non-hydrogen) atoms. The van der Waals surface area contributed by atoms with Crippen molar-refractivity contribution in [3.05, 3.63) is 34.8 Å². The van der Waals surface area contributed by atoms with Gasteiger partial charge in [-0.25, -0.2) is 13.1 Å². The third kappa shape index (κ3) is 4.52. The summed E-state index contributed by atoms with van der Waals surface area (Å²) in [6, 6.07) is 5.81. The van der Waals surface area contributed by atoms with Crippen LogP contribution in [0.2, 0.25) is 0 Å². The number of sulfonamides is 1. The third-order valence-electron chi connectivity index (χ3n) is 4.54. The summed E-state index contributed by atoms with van der Waals surface area (Å²) < 4.78 is 32.7. The van der Waals surface area contributed by atoms with E-state index in [1.165, 1.54) is 35.6 Å². The van der Waals surface area contributed by atoms with Crippen LogP contribution in [-0.2, 0) is 14.8 Å². The van der Waals surface area contributed by atoms with Crippen molar-refractivity contribution in [3.8, 4) is 0 Å². The normalized spacial score (nSPS) is 19.9. The zero-order valence-electron chi connectivity index (χ0n) is 14.6. The molecule has 0 bridgehead atoms. The first-order valence-electron chi connectivity index (χ1n) is 8.87. The van der Waals surface area contributed by atoms with E-state index in [1.54, 1.807) is 0 Å². The van der Waals surface area contributed by atoms with Crippen molar-refractivity contribution in [1.29, 1.82) is 0 Å². The van der Waals surface area contributed by atoms with Crippen LogP contribution < -0.4 is 10.0 Å². The molecule has 1 saturated heterocycles. The molecule has 1 unspecified atom stereocenters. The molecule has 2 heterocycles. The Morgan fingerprint density at radius 1 is 1.19 bits per heavy atom. The van der Waals surface area contributed by atoms with Crippen LogP contribution in [-0.4, -0.2) is 43.8 Å². The van der Waals surface area contributed by atoms with Crippen molar-refractivity contribution in [1.82, 2.24) is 14.9 Å². The van der Waals surface area contributed by atoms with E-state index in [0.717, 1.165) is 30.7 Å². The Hall–Kier alpha value is -1.88. The summed E-state index contributed by atoms with van der Waals surface area (Å²) in [7, 11) is -3.63. The van der Waals surface area contributed by atoms with E-state index in [1.807, 2.05) is 0 Å². The summed E-state index contributed by atoms with van der Waals surface area (Å²) in [5, 5.41) is 12.2. The summed E-state index contributed by atoms with van der Waals surface area (Å²) >= 11 is 1.38. The molecule has 0 radical (unpaired) electrons. The van der Waals surface area contributed by atoms with Crippen LogP contribution >= 0.6 is 11.3 Å². The molecule has 1 aromatic carbocycles. The van der Waals surface area contributed by atoms with Gasteiger partial charge in [0.05, 0.1) is 11.0 Å². The van der Waals surface area contributed by atoms with Gasteiger partial charge < -0.3 is 4.74 Å². The number of nitrogens with one attached hydrogen (secondary N) is 2. The van der Waals surface area contributed by atoms with E-state index < -0.39 is 10.0 Å². The van der Waals surface area contributed by atoms with E-state index in [0.29, 0.717) is 23.2 Å². The fourth-order valence-corrected chi connectivity index (χ4v) is 4.80. The van der Waals surface area contributed by atoms with Crippen LogP contribution in [0.5, 0.6) is 0 Å². The van der Waals surface area contributed by atoms with Crippen LogP contribution in [0, 0.1) is 0 Å². The number of ether oxygens (including phenoxy) is 1. The van der Waals surface area contributed by atoms with Gasteiger partial charge in [0.1, 0.15) is 5.01 Å². The van der Waals surface area contributed by atoms with Crippen LogP contribution in [0.15, 0.2) is 29.2 Å². The highest BCUT2D eigenvalue weighted by Gasteiger charge is 2.28. The Labute approximate surface area is 161 Å². The van der Waals surface area contributed by atoms with E-state index in [-0.39, 0.29) is 23.5 Å². The van der Waals surface area contributed by atoms with Gasteiger partial charge in [-0.05, 0) is 49.9 Å². The summed E-state index contributed by atoms with van der Waals surface area (Å²) in [5.41, 5.74) is 0.358. The molecule has 1 saturated carbocycles. The van der Waals surface area contributed by atoms with E-state index in [2.05, 4.69) is 20.2 Å². The van der Waals surface area contributed by atoms with Gasteiger partial charge in [-0.3, -0.25) is 10.1 Å². The molecule has 2 aliphatic rings. The second-order valence-corrected chi connectivity index (χ2v) is 9.46. The van der Waals surface area contributed by atoms with Gasteiger partial charge in [0.2, 0.25) is 15.2 Å². The fraction of sp³-hybridized carbons (Fsp3) is 0.471. The van der Waals surface area contributed by atoms with Crippen LogP contribution in [0.1, 0.15) is 47.0 Å². The van der Waals surface area contributed by atoms with Crippen molar-refractivity contribution in [2.45, 2.75) is 42.6 Å². The highest BCUT2D eigenvalue weighted by atomic mass is 32.2. The Balaban J connectivity index is 1.37. The molecule has 1 aliphatic carbocycles. The molecule has 2 N–H and O–H groups in total. The molecule has 8 nitrogen and oxygen atoms in total. The minimum atomic E-state index is -3.63. The Morgan fingerprint density at radius 3 is 2.63 bits per heavy atom. The molecule has 2 fully saturated rings. The lowest BCUT2D eigenvalue weighted by Gasteiger charge is -2.11. The number of nitrogens with zero attached hydrogens (tertiary/aromatic N) is 2. The molecule has 1 amide bonds. The Bertz CT molecular complexity index is 917. The molecule has 1 atom stereocenters. The van der Waals surface area contributed by atoms with Gasteiger partial charge >= 0.3 is 0 Å². The van der Waals surface area contributed by atoms with Gasteiger partial charge in [-0.15, -0.1) is 10.2 Å². The largest absolute Gasteiger partial charge is 0.377 e. The van der Waals surface area contributed by atoms with Crippen LogP contribution in [0.3, 0.4) is 0 Å². The van der Waals surface area contributed by atoms with Crippen LogP contribution in [0.25, 0.3) is 0 Å². The van der Waals surface area contributed by atoms with Crippen molar-refractivity contribution >= 4 is 32.4 Å². The second-order valence-electron chi connectivity index (χ2n) is 6.69. The molecule has 10 heteroatoms. The number of hydrogen-bond donors (Lipinski definition) is 2. The summed E-state index contributed by atoms with van der Waals surface area (Å²) in [5.74, 6) is 0.143. The summed E-state index contributed by atoms with van der Waals surface area (Å²) in [6.45, 7) is 0.928. The molecular weight excluding hydrogens is 388 g/mol. The quantitative estimate of drug-likeness (QED) is 0.726. The summed E-state index contributed by atoms with van der Waals surface area (Å²) in [4.78, 5) is 12.4. The lowest BCUT2D eigenvalue weighted by molar-refractivity contribution is 0.102. The van der Waals surface area contributed by atoms with Gasteiger partial charge in [0.15, 0.2) is 0 Å². The third-order valence-corrected chi connectivity index (χ3v) is 6.98. The smallest absolute Gasteiger partial charge is 0.257 e. The average molecular weight is 409 g/mol. The first-order valence-corrected chi connectivity index (χ1v) is 11.2. The number of amides is 1. The zero-order valence-corrected chi connectivity index (χ0v) is 16.2. The first-order chi connectivity index (χ1) is 13.0. The molecule has 0 spiro atoms. The number of carbonyl (C=O) groups is 1. The van der Waals surface area contributed by atoms with Gasteiger partial charge in [0.25, 0.3) is 5.91 Å². The predicted octanol–water partition coefficient (Wildman–Crippen LogP) is 2.13.